The van der Waals surface area contributed by atoms with Gasteiger partial charge < -0.3 is 4.23 Å². The molecule has 1 nitrogen and oxygen atoms in total. The minimum atomic E-state index is -1.41. The van der Waals surface area contributed by atoms with Crippen molar-refractivity contribution in [2.24, 2.45) is 0 Å². The van der Waals surface area contributed by atoms with Crippen molar-refractivity contribution in [3.8, 4) is 0 Å². The largest absolute Gasteiger partial charge is 0.424 e. The number of hydrogen-bond donors (Lipinski definition) is 0. The SMILES string of the molecule is CC[Si](CC)(CC)N(c1ccc(C)cc1)[Si](CC)(CC)CC. The molecule has 0 N–H and O–H groups in total. The van der Waals surface area contributed by atoms with E-state index in [2.05, 4.69) is 77.0 Å². The van der Waals surface area contributed by atoms with E-state index in [0.717, 1.165) is 0 Å². The second kappa shape index (κ2) is 8.35. The van der Waals surface area contributed by atoms with Crippen LogP contribution in [0.4, 0.5) is 5.69 Å². The van der Waals surface area contributed by atoms with Crippen molar-refractivity contribution in [2.75, 3.05) is 4.23 Å². The third-order valence-electron chi connectivity index (χ3n) is 6.19. The Bertz CT molecular complexity index is 397. The average Bonchev–Trinajstić information content (AvgIpc) is 2.58. The molecule has 0 aliphatic heterocycles. The number of rotatable bonds is 9. The lowest BCUT2D eigenvalue weighted by atomic mass is 10.2. The molecule has 3 heteroatoms. The summed E-state index contributed by atoms with van der Waals surface area (Å²) in [6.45, 7) is 16.9. The number of hydrogen-bond acceptors (Lipinski definition) is 1. The fourth-order valence-electron chi connectivity index (χ4n) is 4.19. The molecule has 22 heavy (non-hydrogen) atoms. The summed E-state index contributed by atoms with van der Waals surface area (Å²) in [5, 5.41) is 0. The van der Waals surface area contributed by atoms with Gasteiger partial charge in [0.1, 0.15) is 16.5 Å². The van der Waals surface area contributed by atoms with Crippen LogP contribution in [0.2, 0.25) is 36.3 Å². The summed E-state index contributed by atoms with van der Waals surface area (Å²) < 4.78 is 3.08. The number of anilines is 1. The Morgan fingerprint density at radius 2 is 0.955 bits per heavy atom. The molecule has 0 fully saturated rings. The molecule has 0 atom stereocenters. The molecule has 0 amide bonds. The van der Waals surface area contributed by atoms with E-state index in [1.165, 1.54) is 47.5 Å². The average molecular weight is 336 g/mol. The van der Waals surface area contributed by atoms with Crippen LogP contribution in [0.25, 0.3) is 0 Å². The van der Waals surface area contributed by atoms with Gasteiger partial charge in [0.2, 0.25) is 0 Å². The zero-order valence-electron chi connectivity index (χ0n) is 16.0. The van der Waals surface area contributed by atoms with Gasteiger partial charge in [-0.15, -0.1) is 0 Å². The molecule has 0 aliphatic carbocycles. The van der Waals surface area contributed by atoms with Crippen LogP contribution in [-0.4, -0.2) is 16.5 Å². The molecule has 0 bridgehead atoms. The Kier molecular flexibility index (Phi) is 7.40. The molecule has 0 aliphatic rings. The van der Waals surface area contributed by atoms with Crippen molar-refractivity contribution in [3.63, 3.8) is 0 Å². The molecule has 1 aromatic rings. The summed E-state index contributed by atoms with van der Waals surface area (Å²) in [5.41, 5.74) is 2.90. The van der Waals surface area contributed by atoms with E-state index in [-0.39, 0.29) is 0 Å². The third kappa shape index (κ3) is 3.51. The maximum atomic E-state index is 3.08. The molecule has 0 aromatic heterocycles. The predicted molar refractivity (Wildman–Crippen MR) is 108 cm³/mol. The van der Waals surface area contributed by atoms with E-state index in [4.69, 9.17) is 0 Å². The molecule has 0 radical (unpaired) electrons. The van der Waals surface area contributed by atoms with Crippen molar-refractivity contribution >= 4 is 22.2 Å². The van der Waals surface area contributed by atoms with Gasteiger partial charge in [-0.25, -0.2) is 0 Å². The highest BCUT2D eigenvalue weighted by Gasteiger charge is 2.46. The highest BCUT2D eigenvalue weighted by Crippen LogP contribution is 2.39. The second-order valence-electron chi connectivity index (χ2n) is 6.74. The molecule has 0 saturated heterocycles. The second-order valence-corrected chi connectivity index (χ2v) is 17.2. The highest BCUT2D eigenvalue weighted by atomic mass is 28.4. The summed E-state index contributed by atoms with van der Waals surface area (Å²) in [7, 11) is -2.82. The summed E-state index contributed by atoms with van der Waals surface area (Å²) in [6, 6.07) is 17.7. The Labute approximate surface area is 141 Å². The first-order chi connectivity index (χ1) is 10.5. The van der Waals surface area contributed by atoms with Crippen LogP contribution in [0.5, 0.6) is 0 Å². The Morgan fingerprint density at radius 3 is 1.23 bits per heavy atom. The molecular formula is C19H37NSi2. The van der Waals surface area contributed by atoms with E-state index < -0.39 is 16.5 Å². The Morgan fingerprint density at radius 1 is 0.636 bits per heavy atom. The van der Waals surface area contributed by atoms with Crippen molar-refractivity contribution < 1.29 is 0 Å². The van der Waals surface area contributed by atoms with E-state index >= 15 is 0 Å². The quantitative estimate of drug-likeness (QED) is 0.448. The van der Waals surface area contributed by atoms with Crippen LogP contribution >= 0.6 is 0 Å². The molecule has 0 spiro atoms. The molecule has 1 rings (SSSR count). The zero-order valence-corrected chi connectivity index (χ0v) is 18.0. The van der Waals surface area contributed by atoms with E-state index in [9.17, 15) is 0 Å². The van der Waals surface area contributed by atoms with Gasteiger partial charge in [0.15, 0.2) is 0 Å². The standard InChI is InChI=1S/C19H37NSi2/c1-8-21(9-2,10-3)20(22(11-4,12-5)13-6)19-16-14-18(7)15-17-19/h14-17H,8-13H2,1-7H3. The fourth-order valence-corrected chi connectivity index (χ4v) is 17.4. The summed E-state index contributed by atoms with van der Waals surface area (Å²) >= 11 is 0. The Balaban J connectivity index is 3.53. The number of aryl methyl sites for hydroxylation is 1. The van der Waals surface area contributed by atoms with Gasteiger partial charge in [-0.2, -0.15) is 0 Å². The van der Waals surface area contributed by atoms with Crippen molar-refractivity contribution in [1.29, 1.82) is 0 Å². The highest BCUT2D eigenvalue weighted by molar-refractivity contribution is 7.02. The van der Waals surface area contributed by atoms with Crippen molar-refractivity contribution in [2.45, 2.75) is 84.7 Å². The van der Waals surface area contributed by atoms with Gasteiger partial charge in [-0.05, 0) is 55.3 Å². The maximum Gasteiger partial charge on any atom is 0.147 e. The van der Waals surface area contributed by atoms with Gasteiger partial charge in [-0.1, -0.05) is 59.2 Å². The van der Waals surface area contributed by atoms with Gasteiger partial charge in [0.25, 0.3) is 0 Å². The first-order valence-corrected chi connectivity index (χ1v) is 14.5. The van der Waals surface area contributed by atoms with Gasteiger partial charge in [0.05, 0.1) is 0 Å². The molecule has 0 heterocycles. The van der Waals surface area contributed by atoms with Gasteiger partial charge >= 0.3 is 0 Å². The van der Waals surface area contributed by atoms with E-state index in [1.807, 2.05) is 0 Å². The predicted octanol–water partition coefficient (Wildman–Crippen LogP) is 6.81. The van der Waals surface area contributed by atoms with E-state index in [0.29, 0.717) is 0 Å². The lowest BCUT2D eigenvalue weighted by molar-refractivity contribution is 1.06. The van der Waals surface area contributed by atoms with Crippen LogP contribution in [0.3, 0.4) is 0 Å². The maximum absolute atomic E-state index is 3.08. The van der Waals surface area contributed by atoms with Gasteiger partial charge in [-0.3, -0.25) is 0 Å². The molecule has 126 valence electrons. The topological polar surface area (TPSA) is 3.24 Å². The van der Waals surface area contributed by atoms with Crippen molar-refractivity contribution in [1.82, 2.24) is 0 Å². The fraction of sp³-hybridized carbons (Fsp3) is 0.684. The minimum Gasteiger partial charge on any atom is -0.424 e. The molecule has 0 unspecified atom stereocenters. The summed E-state index contributed by atoms with van der Waals surface area (Å²) in [4.78, 5) is 0. The lowest BCUT2D eigenvalue weighted by Gasteiger charge is -2.54. The number of benzene rings is 1. The number of nitrogens with zero attached hydrogens (tertiary/aromatic N) is 1. The van der Waals surface area contributed by atoms with Crippen LogP contribution in [-0.2, 0) is 0 Å². The van der Waals surface area contributed by atoms with E-state index in [1.54, 1.807) is 0 Å². The van der Waals surface area contributed by atoms with Crippen LogP contribution in [0, 0.1) is 6.92 Å². The normalized spacial score (nSPS) is 12.5. The Hall–Kier alpha value is -0.546. The first-order valence-electron chi connectivity index (χ1n) is 9.36. The lowest BCUT2D eigenvalue weighted by Crippen LogP contribution is -2.66. The molecule has 1 aromatic carbocycles. The van der Waals surface area contributed by atoms with Crippen molar-refractivity contribution in [3.05, 3.63) is 29.8 Å². The van der Waals surface area contributed by atoms with Crippen LogP contribution in [0.1, 0.15) is 47.1 Å². The first kappa shape index (κ1) is 19.5. The summed E-state index contributed by atoms with van der Waals surface area (Å²) in [5.74, 6) is 0. The monoisotopic (exact) mass is 335 g/mol. The minimum absolute atomic E-state index is 1.37. The third-order valence-corrected chi connectivity index (χ3v) is 19.3. The van der Waals surface area contributed by atoms with Crippen LogP contribution in [0.15, 0.2) is 24.3 Å². The smallest absolute Gasteiger partial charge is 0.147 e. The molecular weight excluding hydrogens is 298 g/mol. The zero-order chi connectivity index (χ0) is 16.8. The molecule has 0 saturated carbocycles. The van der Waals surface area contributed by atoms with Crippen LogP contribution < -0.4 is 4.23 Å². The summed E-state index contributed by atoms with van der Waals surface area (Å²) in [6.07, 6.45) is 0. The van der Waals surface area contributed by atoms with Gasteiger partial charge in [0, 0.05) is 5.69 Å².